The molecule has 0 saturated heterocycles. The molecule has 3 aromatic rings. The van der Waals surface area contributed by atoms with E-state index >= 15 is 0 Å². The van der Waals surface area contributed by atoms with Gasteiger partial charge >= 0.3 is 0 Å². The maximum atomic E-state index is 10.8. The van der Waals surface area contributed by atoms with E-state index < -0.39 is 11.0 Å². The van der Waals surface area contributed by atoms with E-state index in [9.17, 15) is 10.1 Å². The monoisotopic (exact) mass is 375 g/mol. The molecule has 0 fully saturated rings. The molecule has 0 aliphatic heterocycles. The summed E-state index contributed by atoms with van der Waals surface area (Å²) in [5, 5.41) is 11.7. The molecule has 0 spiro atoms. The third-order valence-corrected chi connectivity index (χ3v) is 3.99. The molecule has 0 N–H and O–H groups in total. The molecule has 1 atom stereocenters. The number of aromatic nitrogens is 2. The van der Waals surface area contributed by atoms with E-state index in [1.165, 1.54) is 30.6 Å². The van der Waals surface area contributed by atoms with E-state index in [2.05, 4.69) is 9.97 Å². The van der Waals surface area contributed by atoms with Crippen LogP contribution in [0.1, 0.15) is 17.2 Å². The number of nitrogens with zero attached hydrogens (tertiary/aromatic N) is 3. The van der Waals surface area contributed by atoms with Gasteiger partial charge in [-0.25, -0.2) is 9.97 Å². The average molecular weight is 376 g/mol. The highest BCUT2D eigenvalue weighted by atomic mass is 35.5. The number of nitro benzene ring substituents is 1. The molecule has 0 saturated carbocycles. The lowest BCUT2D eigenvalue weighted by Gasteiger charge is -2.20. The number of hydrogen-bond acceptors (Lipinski definition) is 5. The lowest BCUT2D eigenvalue weighted by Crippen LogP contribution is -2.11. The smallest absolute Gasteiger partial charge is 0.269 e. The normalized spacial score (nSPS) is 11.8. The van der Waals surface area contributed by atoms with Crippen LogP contribution < -0.4 is 4.74 Å². The van der Waals surface area contributed by atoms with Crippen LogP contribution in [0.25, 0.3) is 0 Å². The zero-order valence-corrected chi connectivity index (χ0v) is 14.2. The first-order valence-electron chi connectivity index (χ1n) is 7.15. The molecule has 0 bridgehead atoms. The zero-order valence-electron chi connectivity index (χ0n) is 12.7. The topological polar surface area (TPSA) is 78.2 Å². The fourth-order valence-corrected chi connectivity index (χ4v) is 2.76. The molecule has 1 unspecified atom stereocenters. The van der Waals surface area contributed by atoms with Crippen molar-refractivity contribution >= 4 is 28.9 Å². The highest BCUT2D eigenvalue weighted by Crippen LogP contribution is 2.34. The summed E-state index contributed by atoms with van der Waals surface area (Å²) in [7, 11) is 0. The Labute approximate surface area is 153 Å². The maximum absolute atomic E-state index is 10.8. The third-order valence-electron chi connectivity index (χ3n) is 3.43. The Bertz CT molecular complexity index is 889. The van der Waals surface area contributed by atoms with Crippen LogP contribution in [0.5, 0.6) is 5.75 Å². The van der Waals surface area contributed by atoms with E-state index in [-0.39, 0.29) is 5.69 Å². The highest BCUT2D eigenvalue weighted by Gasteiger charge is 2.20. The van der Waals surface area contributed by atoms with Gasteiger partial charge in [-0.15, -0.1) is 0 Å². The molecule has 126 valence electrons. The van der Waals surface area contributed by atoms with Gasteiger partial charge in [0.1, 0.15) is 12.1 Å². The summed E-state index contributed by atoms with van der Waals surface area (Å²) in [5.41, 5.74) is 1.35. The van der Waals surface area contributed by atoms with E-state index in [1.807, 2.05) is 0 Å². The first-order chi connectivity index (χ1) is 12.0. The van der Waals surface area contributed by atoms with Gasteiger partial charge in [0, 0.05) is 45.7 Å². The van der Waals surface area contributed by atoms with Gasteiger partial charge in [-0.05, 0) is 24.3 Å². The molecule has 25 heavy (non-hydrogen) atoms. The number of benzene rings is 2. The predicted octanol–water partition coefficient (Wildman–Crippen LogP) is 4.86. The quantitative estimate of drug-likeness (QED) is 0.469. The number of halogens is 2. The summed E-state index contributed by atoms with van der Waals surface area (Å²) >= 11 is 12.3. The maximum Gasteiger partial charge on any atom is 0.269 e. The number of nitro groups is 1. The van der Waals surface area contributed by atoms with Crippen molar-refractivity contribution in [2.45, 2.75) is 6.10 Å². The van der Waals surface area contributed by atoms with Crippen molar-refractivity contribution in [1.82, 2.24) is 9.97 Å². The van der Waals surface area contributed by atoms with E-state index in [4.69, 9.17) is 27.9 Å². The minimum Gasteiger partial charge on any atom is -0.481 e. The second-order valence-corrected chi connectivity index (χ2v) is 5.93. The lowest BCUT2D eigenvalue weighted by molar-refractivity contribution is -0.384. The van der Waals surface area contributed by atoms with Gasteiger partial charge in [-0.3, -0.25) is 10.1 Å². The van der Waals surface area contributed by atoms with Crippen LogP contribution in [0, 0.1) is 10.1 Å². The van der Waals surface area contributed by atoms with Crippen molar-refractivity contribution in [1.29, 1.82) is 0 Å². The standard InChI is InChI=1S/C17H11Cl2N3O3/c18-12-1-6-15(16(19)7-12)17(11-8-20-10-21-9-11)25-14-4-2-13(3-5-14)22(23)24/h1-10,17H. The number of non-ortho nitro benzene ring substituents is 1. The average Bonchev–Trinajstić information content (AvgIpc) is 2.61. The SMILES string of the molecule is O=[N+]([O-])c1ccc(OC(c2cncnc2)c2ccc(Cl)cc2Cl)cc1. The fraction of sp³-hybridized carbons (Fsp3) is 0.0588. The molecule has 1 aromatic heterocycles. The van der Waals surface area contributed by atoms with Crippen LogP contribution in [0.2, 0.25) is 10.0 Å². The summed E-state index contributed by atoms with van der Waals surface area (Å²) in [4.78, 5) is 18.3. The number of hydrogen-bond donors (Lipinski definition) is 0. The van der Waals surface area contributed by atoms with Gasteiger partial charge < -0.3 is 4.74 Å². The van der Waals surface area contributed by atoms with Crippen molar-refractivity contribution in [2.24, 2.45) is 0 Å². The van der Waals surface area contributed by atoms with Gasteiger partial charge in [0.2, 0.25) is 0 Å². The second kappa shape index (κ2) is 7.46. The summed E-state index contributed by atoms with van der Waals surface area (Å²) in [5.74, 6) is 0.450. The zero-order chi connectivity index (χ0) is 17.8. The van der Waals surface area contributed by atoms with Crippen molar-refractivity contribution < 1.29 is 9.66 Å². The molecule has 3 rings (SSSR count). The molecule has 8 heteroatoms. The predicted molar refractivity (Wildman–Crippen MR) is 94.1 cm³/mol. The molecule has 0 aliphatic carbocycles. The van der Waals surface area contributed by atoms with E-state index in [1.54, 1.807) is 30.6 Å². The van der Waals surface area contributed by atoms with Crippen LogP contribution in [0.15, 0.2) is 61.2 Å². The first-order valence-corrected chi connectivity index (χ1v) is 7.91. The Balaban J connectivity index is 1.98. The van der Waals surface area contributed by atoms with E-state index in [0.717, 1.165) is 0 Å². The van der Waals surface area contributed by atoms with Gasteiger partial charge in [0.05, 0.1) is 4.92 Å². The van der Waals surface area contributed by atoms with Crippen LogP contribution in [0.4, 0.5) is 5.69 Å². The number of rotatable bonds is 5. The van der Waals surface area contributed by atoms with Crippen LogP contribution >= 0.6 is 23.2 Å². The van der Waals surface area contributed by atoms with Crippen LogP contribution in [0.3, 0.4) is 0 Å². The van der Waals surface area contributed by atoms with Crippen molar-refractivity contribution in [3.63, 3.8) is 0 Å². The van der Waals surface area contributed by atoms with E-state index in [0.29, 0.717) is 26.9 Å². The Morgan fingerprint density at radius 3 is 2.32 bits per heavy atom. The van der Waals surface area contributed by atoms with Crippen LogP contribution in [-0.2, 0) is 0 Å². The molecular formula is C17H11Cl2N3O3. The molecular weight excluding hydrogens is 365 g/mol. The highest BCUT2D eigenvalue weighted by molar-refractivity contribution is 6.35. The molecule has 0 aliphatic rings. The molecule has 1 heterocycles. The summed E-state index contributed by atoms with van der Waals surface area (Å²) in [6, 6.07) is 10.9. The van der Waals surface area contributed by atoms with Crippen molar-refractivity contribution in [3.05, 3.63) is 92.5 Å². The number of ether oxygens (including phenoxy) is 1. The molecule has 0 radical (unpaired) electrons. The van der Waals surface area contributed by atoms with Gasteiger partial charge in [0.15, 0.2) is 6.10 Å². The molecule has 0 amide bonds. The second-order valence-electron chi connectivity index (χ2n) is 5.09. The van der Waals surface area contributed by atoms with Gasteiger partial charge in [0.25, 0.3) is 5.69 Å². The van der Waals surface area contributed by atoms with Crippen LogP contribution in [-0.4, -0.2) is 14.9 Å². The minimum atomic E-state index is -0.590. The van der Waals surface area contributed by atoms with Gasteiger partial charge in [-0.2, -0.15) is 0 Å². The van der Waals surface area contributed by atoms with Crippen molar-refractivity contribution in [2.75, 3.05) is 0 Å². The van der Waals surface area contributed by atoms with Gasteiger partial charge in [-0.1, -0.05) is 29.3 Å². The summed E-state index contributed by atoms with van der Waals surface area (Å²) in [6.07, 6.45) is 4.06. The Hall–Kier alpha value is -2.70. The lowest BCUT2D eigenvalue weighted by atomic mass is 10.0. The minimum absolute atomic E-state index is 0.0172. The summed E-state index contributed by atoms with van der Waals surface area (Å²) < 4.78 is 6.01. The molecule has 6 nitrogen and oxygen atoms in total. The summed E-state index contributed by atoms with van der Waals surface area (Å²) in [6.45, 7) is 0. The third kappa shape index (κ3) is 4.04. The van der Waals surface area contributed by atoms with Crippen molar-refractivity contribution in [3.8, 4) is 5.75 Å². The Kier molecular flexibility index (Phi) is 5.11. The Morgan fingerprint density at radius 1 is 1.04 bits per heavy atom. The first kappa shape index (κ1) is 17.1. The largest absolute Gasteiger partial charge is 0.481 e. The Morgan fingerprint density at radius 2 is 1.72 bits per heavy atom. The fourth-order valence-electron chi connectivity index (χ4n) is 2.25. The molecule has 2 aromatic carbocycles.